The molecule has 0 saturated heterocycles. The molecule has 0 unspecified atom stereocenters. The number of benzene rings is 6. The zero-order chi connectivity index (χ0) is 31.9. The van der Waals surface area contributed by atoms with Crippen LogP contribution in [0.1, 0.15) is 31.8 Å². The molecule has 6 aromatic carbocycles. The summed E-state index contributed by atoms with van der Waals surface area (Å²) in [5, 5.41) is 5.93. The van der Waals surface area contributed by atoms with Gasteiger partial charge in [0, 0.05) is 42.1 Å². The van der Waals surface area contributed by atoms with Gasteiger partial charge in [-0.2, -0.15) is 0 Å². The maximum atomic E-state index is 12.5. The summed E-state index contributed by atoms with van der Waals surface area (Å²) in [4.78, 5) is 29.5. The Morgan fingerprint density at radius 3 is 0.978 bits per heavy atom. The van der Waals surface area contributed by atoms with E-state index in [1.165, 1.54) is 0 Å². The highest BCUT2D eigenvalue weighted by Gasteiger charge is 2.08. The van der Waals surface area contributed by atoms with E-state index in [1.54, 1.807) is 23.5 Å². The molecule has 0 atom stereocenters. The van der Waals surface area contributed by atoms with Crippen LogP contribution in [0.15, 0.2) is 165 Å². The van der Waals surface area contributed by atoms with Crippen molar-refractivity contribution in [3.8, 4) is 11.1 Å². The third-order valence-corrected chi connectivity index (χ3v) is 9.40. The standard InChI is InChI=1S/C40H32N2O2S2/c1-27-3-7-31(8-4-27)39(43)41-33-15-23-37(24-16-33)45-35-19-11-29(12-20-35)30-13-21-36(22-14-30)46-38-25-17-34(18-26-38)42-40(44)32-9-5-28(2)6-10-32/h3-26H,1-2H3,(H,41,43)(H,42,44). The number of aryl methyl sites for hydroxylation is 2. The lowest BCUT2D eigenvalue weighted by Gasteiger charge is -2.09. The molecule has 0 aromatic heterocycles. The van der Waals surface area contributed by atoms with Gasteiger partial charge in [-0.15, -0.1) is 0 Å². The highest BCUT2D eigenvalue weighted by Crippen LogP contribution is 2.33. The normalized spacial score (nSPS) is 10.7. The predicted molar refractivity (Wildman–Crippen MR) is 191 cm³/mol. The maximum absolute atomic E-state index is 12.5. The van der Waals surface area contributed by atoms with Crippen LogP contribution in [0.25, 0.3) is 11.1 Å². The molecule has 0 heterocycles. The zero-order valence-corrected chi connectivity index (χ0v) is 27.1. The van der Waals surface area contributed by atoms with Crippen molar-refractivity contribution < 1.29 is 9.59 Å². The summed E-state index contributed by atoms with van der Waals surface area (Å²) in [7, 11) is 0. The van der Waals surface area contributed by atoms with Crippen LogP contribution >= 0.6 is 23.5 Å². The van der Waals surface area contributed by atoms with Crippen LogP contribution in [0.3, 0.4) is 0 Å². The molecule has 0 aliphatic carbocycles. The summed E-state index contributed by atoms with van der Waals surface area (Å²) in [6.07, 6.45) is 0. The second-order valence-corrected chi connectivity index (χ2v) is 13.2. The number of rotatable bonds is 9. The first-order chi connectivity index (χ1) is 22.4. The lowest BCUT2D eigenvalue weighted by atomic mass is 10.1. The van der Waals surface area contributed by atoms with Gasteiger partial charge in [0.05, 0.1) is 0 Å². The Bertz CT molecular complexity index is 1790. The Kier molecular flexibility index (Phi) is 9.68. The summed E-state index contributed by atoms with van der Waals surface area (Å²) >= 11 is 3.37. The van der Waals surface area contributed by atoms with Gasteiger partial charge in [-0.3, -0.25) is 9.59 Å². The maximum Gasteiger partial charge on any atom is 0.255 e. The number of carbonyl (C=O) groups excluding carboxylic acids is 2. The first-order valence-electron chi connectivity index (χ1n) is 14.9. The third-order valence-electron chi connectivity index (χ3n) is 7.37. The van der Waals surface area contributed by atoms with Gasteiger partial charge < -0.3 is 10.6 Å². The van der Waals surface area contributed by atoms with Crippen LogP contribution in [0.4, 0.5) is 11.4 Å². The fraction of sp³-hybridized carbons (Fsp3) is 0.0500. The van der Waals surface area contributed by atoms with Crippen LogP contribution in [-0.4, -0.2) is 11.8 Å². The van der Waals surface area contributed by atoms with E-state index < -0.39 is 0 Å². The number of carbonyl (C=O) groups is 2. The predicted octanol–water partition coefficient (Wildman–Crippen LogP) is 10.8. The van der Waals surface area contributed by atoms with E-state index in [0.717, 1.165) is 53.2 Å². The van der Waals surface area contributed by atoms with Gasteiger partial charge in [0.15, 0.2) is 0 Å². The van der Waals surface area contributed by atoms with E-state index in [9.17, 15) is 9.59 Å². The molecule has 0 aliphatic rings. The molecule has 6 rings (SSSR count). The molecule has 0 aliphatic heterocycles. The molecule has 2 N–H and O–H groups in total. The first-order valence-corrected chi connectivity index (χ1v) is 16.5. The topological polar surface area (TPSA) is 58.2 Å². The lowest BCUT2D eigenvalue weighted by molar-refractivity contribution is 0.101. The van der Waals surface area contributed by atoms with Gasteiger partial charge in [0.25, 0.3) is 11.8 Å². The molecule has 4 nitrogen and oxygen atoms in total. The number of hydrogen-bond acceptors (Lipinski definition) is 4. The summed E-state index contributed by atoms with van der Waals surface area (Å²) in [5.74, 6) is -0.226. The molecule has 6 aromatic rings. The van der Waals surface area contributed by atoms with Crippen LogP contribution < -0.4 is 10.6 Å². The first kappa shape index (κ1) is 31.0. The quantitative estimate of drug-likeness (QED) is 0.166. The molecule has 46 heavy (non-hydrogen) atoms. The monoisotopic (exact) mass is 636 g/mol. The highest BCUT2D eigenvalue weighted by atomic mass is 32.2. The van der Waals surface area contributed by atoms with Crippen molar-refractivity contribution in [1.82, 2.24) is 0 Å². The van der Waals surface area contributed by atoms with Gasteiger partial charge in [-0.25, -0.2) is 0 Å². The van der Waals surface area contributed by atoms with Crippen LogP contribution in [-0.2, 0) is 0 Å². The van der Waals surface area contributed by atoms with E-state index >= 15 is 0 Å². The molecular formula is C40H32N2O2S2. The van der Waals surface area contributed by atoms with Crippen molar-refractivity contribution in [2.45, 2.75) is 33.4 Å². The minimum absolute atomic E-state index is 0.113. The third kappa shape index (κ3) is 8.16. The number of hydrogen-bond donors (Lipinski definition) is 2. The highest BCUT2D eigenvalue weighted by molar-refractivity contribution is 7.99. The second kappa shape index (κ2) is 14.4. The Hall–Kier alpha value is -5.04. The Labute approximate surface area is 278 Å². The van der Waals surface area contributed by atoms with Crippen molar-refractivity contribution >= 4 is 46.7 Å². The van der Waals surface area contributed by atoms with Crippen LogP contribution in [0.2, 0.25) is 0 Å². The number of nitrogens with one attached hydrogen (secondary N) is 2. The van der Waals surface area contributed by atoms with E-state index in [1.807, 2.05) is 111 Å². The average molecular weight is 637 g/mol. The van der Waals surface area contributed by atoms with Crippen LogP contribution in [0, 0.1) is 13.8 Å². The zero-order valence-electron chi connectivity index (χ0n) is 25.5. The minimum atomic E-state index is -0.113. The van der Waals surface area contributed by atoms with Gasteiger partial charge in [-0.05, 0) is 122 Å². The van der Waals surface area contributed by atoms with Crippen molar-refractivity contribution in [2.24, 2.45) is 0 Å². The minimum Gasteiger partial charge on any atom is -0.322 e. The summed E-state index contributed by atoms with van der Waals surface area (Å²) in [6.45, 7) is 4.01. The second-order valence-electron chi connectivity index (χ2n) is 10.9. The molecule has 2 amide bonds. The molecule has 0 fully saturated rings. The molecule has 0 radical (unpaired) electrons. The average Bonchev–Trinajstić information content (AvgIpc) is 3.08. The molecule has 0 saturated carbocycles. The van der Waals surface area contributed by atoms with Gasteiger partial charge in [0.2, 0.25) is 0 Å². The summed E-state index contributed by atoms with van der Waals surface area (Å²) < 4.78 is 0. The van der Waals surface area contributed by atoms with E-state index in [0.29, 0.717) is 11.1 Å². The largest absolute Gasteiger partial charge is 0.322 e. The Morgan fingerprint density at radius 1 is 0.391 bits per heavy atom. The van der Waals surface area contributed by atoms with E-state index in [-0.39, 0.29) is 11.8 Å². The Morgan fingerprint density at radius 2 is 0.674 bits per heavy atom. The fourth-order valence-electron chi connectivity index (χ4n) is 4.73. The SMILES string of the molecule is Cc1ccc(C(=O)Nc2ccc(Sc3ccc(-c4ccc(Sc5ccc(NC(=O)c6ccc(C)cc6)cc5)cc4)cc3)cc2)cc1. The Balaban J connectivity index is 1.00. The molecule has 0 spiro atoms. The van der Waals surface area contributed by atoms with Gasteiger partial charge in [0.1, 0.15) is 0 Å². The van der Waals surface area contributed by atoms with Gasteiger partial charge in [-0.1, -0.05) is 83.2 Å². The lowest BCUT2D eigenvalue weighted by Crippen LogP contribution is -2.11. The van der Waals surface area contributed by atoms with Gasteiger partial charge >= 0.3 is 0 Å². The fourth-order valence-corrected chi connectivity index (χ4v) is 6.37. The molecule has 6 heteroatoms. The van der Waals surface area contributed by atoms with E-state index in [4.69, 9.17) is 0 Å². The van der Waals surface area contributed by atoms with Crippen LogP contribution in [0.5, 0.6) is 0 Å². The van der Waals surface area contributed by atoms with E-state index in [2.05, 4.69) is 59.2 Å². The molecule has 0 bridgehead atoms. The van der Waals surface area contributed by atoms with Crippen molar-refractivity contribution in [3.63, 3.8) is 0 Å². The molecule has 226 valence electrons. The summed E-state index contributed by atoms with van der Waals surface area (Å²) in [6, 6.07) is 48.0. The smallest absolute Gasteiger partial charge is 0.255 e. The van der Waals surface area contributed by atoms with Crippen molar-refractivity contribution in [1.29, 1.82) is 0 Å². The van der Waals surface area contributed by atoms with Crippen molar-refractivity contribution in [3.05, 3.63) is 168 Å². The summed E-state index contributed by atoms with van der Waals surface area (Å²) in [5.41, 5.74) is 7.39. The van der Waals surface area contributed by atoms with Crippen molar-refractivity contribution in [2.75, 3.05) is 10.6 Å². The number of anilines is 2. The number of amides is 2. The molecular weight excluding hydrogens is 605 g/mol.